The van der Waals surface area contributed by atoms with Crippen LogP contribution in [0.1, 0.15) is 55.7 Å². The molecule has 0 spiro atoms. The molecule has 4 rings (SSSR count). The van der Waals surface area contributed by atoms with Crippen molar-refractivity contribution in [2.75, 3.05) is 14.2 Å². The number of thiophene rings is 1. The van der Waals surface area contributed by atoms with Crippen LogP contribution in [0.15, 0.2) is 29.0 Å². The van der Waals surface area contributed by atoms with Crippen molar-refractivity contribution in [2.45, 2.75) is 46.3 Å². The summed E-state index contributed by atoms with van der Waals surface area (Å²) in [5, 5.41) is 8.80. The Balaban J connectivity index is 1.96. The van der Waals surface area contributed by atoms with Crippen LogP contribution in [0, 0.1) is 11.8 Å². The first-order valence-corrected chi connectivity index (χ1v) is 11.5. The van der Waals surface area contributed by atoms with E-state index in [1.165, 1.54) is 0 Å². The maximum Gasteiger partial charge on any atom is 0.274 e. The SMILES string of the molecule is CCC#Cc1cc2c(cc1OC)OCc1c(C(=O)N(C)C(C)(C)C)nn(-c3ccsc3)c1-2. The fraction of sp³-hybridized carbons (Fsp3) is 0.360. The van der Waals surface area contributed by atoms with E-state index < -0.39 is 0 Å². The molecule has 0 atom stereocenters. The third kappa shape index (κ3) is 3.76. The Hall–Kier alpha value is -3.24. The smallest absolute Gasteiger partial charge is 0.274 e. The summed E-state index contributed by atoms with van der Waals surface area (Å²) < 4.78 is 13.5. The maximum atomic E-state index is 13.4. The predicted molar refractivity (Wildman–Crippen MR) is 127 cm³/mol. The lowest BCUT2D eigenvalue weighted by atomic mass is 9.98. The van der Waals surface area contributed by atoms with Gasteiger partial charge >= 0.3 is 0 Å². The molecule has 3 aromatic rings. The molecule has 2 aromatic heterocycles. The van der Waals surface area contributed by atoms with Crippen molar-refractivity contribution in [1.29, 1.82) is 0 Å². The summed E-state index contributed by atoms with van der Waals surface area (Å²) in [5.41, 5.74) is 4.26. The monoisotopic (exact) mass is 449 g/mol. The zero-order chi connectivity index (χ0) is 23.0. The summed E-state index contributed by atoms with van der Waals surface area (Å²) in [6.45, 7) is 8.28. The van der Waals surface area contributed by atoms with Crippen LogP contribution in [0.5, 0.6) is 11.5 Å². The number of carbonyl (C=O) groups is 1. The highest BCUT2D eigenvalue weighted by Crippen LogP contribution is 2.43. The van der Waals surface area contributed by atoms with E-state index >= 15 is 0 Å². The zero-order valence-electron chi connectivity index (χ0n) is 19.3. The van der Waals surface area contributed by atoms with Crippen LogP contribution < -0.4 is 9.47 Å². The van der Waals surface area contributed by atoms with E-state index in [1.807, 2.05) is 61.3 Å². The maximum absolute atomic E-state index is 13.4. The Bertz CT molecular complexity index is 1220. The first-order chi connectivity index (χ1) is 15.3. The average molecular weight is 450 g/mol. The Morgan fingerprint density at radius 3 is 2.78 bits per heavy atom. The van der Waals surface area contributed by atoms with Gasteiger partial charge in [-0.05, 0) is 38.3 Å². The van der Waals surface area contributed by atoms with Gasteiger partial charge in [-0.2, -0.15) is 16.4 Å². The minimum absolute atomic E-state index is 0.130. The van der Waals surface area contributed by atoms with Crippen LogP contribution in [-0.4, -0.2) is 40.3 Å². The highest BCUT2D eigenvalue weighted by molar-refractivity contribution is 7.08. The van der Waals surface area contributed by atoms with Crippen molar-refractivity contribution < 1.29 is 14.3 Å². The minimum Gasteiger partial charge on any atom is -0.495 e. The molecule has 3 heterocycles. The Labute approximate surface area is 192 Å². The van der Waals surface area contributed by atoms with Crippen LogP contribution in [0.3, 0.4) is 0 Å². The molecule has 0 fully saturated rings. The predicted octanol–water partition coefficient (Wildman–Crippen LogP) is 5.13. The van der Waals surface area contributed by atoms with Crippen molar-refractivity contribution >= 4 is 17.2 Å². The standard InChI is InChI=1S/C25H27N3O3S/c1-7-8-9-16-12-18-21(13-20(16)30-6)31-14-19-22(24(29)27(5)25(2,3)4)26-28(23(18)19)17-10-11-32-15-17/h10-13,15H,7,14H2,1-6H3. The Morgan fingerprint density at radius 1 is 1.38 bits per heavy atom. The lowest BCUT2D eigenvalue weighted by molar-refractivity contribution is 0.0646. The van der Waals surface area contributed by atoms with Gasteiger partial charge in [0.05, 0.1) is 24.1 Å². The molecule has 1 amide bonds. The summed E-state index contributed by atoms with van der Waals surface area (Å²) in [7, 11) is 3.43. The van der Waals surface area contributed by atoms with E-state index in [4.69, 9.17) is 14.6 Å². The molecule has 7 heteroatoms. The largest absolute Gasteiger partial charge is 0.495 e. The van der Waals surface area contributed by atoms with Crippen molar-refractivity contribution in [3.05, 3.63) is 45.8 Å². The first kappa shape index (κ1) is 22.0. The van der Waals surface area contributed by atoms with Crippen LogP contribution in [0.4, 0.5) is 0 Å². The summed E-state index contributed by atoms with van der Waals surface area (Å²) in [5.74, 6) is 7.52. The Kier molecular flexibility index (Phi) is 5.74. The highest BCUT2D eigenvalue weighted by Gasteiger charge is 2.34. The molecule has 1 aromatic carbocycles. The third-order valence-corrected chi connectivity index (χ3v) is 6.25. The number of benzene rings is 1. The summed E-state index contributed by atoms with van der Waals surface area (Å²) in [6, 6.07) is 5.84. The second-order valence-electron chi connectivity index (χ2n) is 8.60. The number of nitrogens with zero attached hydrogens (tertiary/aromatic N) is 3. The van der Waals surface area contributed by atoms with E-state index in [0.717, 1.165) is 34.5 Å². The molecule has 0 bridgehead atoms. The number of ether oxygens (including phenoxy) is 2. The van der Waals surface area contributed by atoms with Crippen LogP contribution in [-0.2, 0) is 6.61 Å². The molecular formula is C25H27N3O3S. The second kappa shape index (κ2) is 8.36. The number of amides is 1. The number of rotatable bonds is 3. The molecule has 0 N–H and O–H groups in total. The summed E-state index contributed by atoms with van der Waals surface area (Å²) in [6.07, 6.45) is 0.743. The van der Waals surface area contributed by atoms with Crippen LogP contribution >= 0.6 is 11.3 Å². The topological polar surface area (TPSA) is 56.6 Å². The minimum atomic E-state index is -0.333. The molecule has 166 valence electrons. The lowest BCUT2D eigenvalue weighted by Crippen LogP contribution is -2.43. The molecule has 6 nitrogen and oxygen atoms in total. The molecular weight excluding hydrogens is 422 g/mol. The van der Waals surface area contributed by atoms with Gasteiger partial charge in [0.1, 0.15) is 18.1 Å². The molecule has 0 unspecified atom stereocenters. The first-order valence-electron chi connectivity index (χ1n) is 10.5. The van der Waals surface area contributed by atoms with Gasteiger partial charge in [0, 0.05) is 41.6 Å². The number of hydrogen-bond acceptors (Lipinski definition) is 5. The lowest BCUT2D eigenvalue weighted by Gasteiger charge is -2.31. The zero-order valence-corrected chi connectivity index (χ0v) is 20.1. The van der Waals surface area contributed by atoms with Gasteiger partial charge in [0.2, 0.25) is 0 Å². The molecule has 1 aliphatic rings. The van der Waals surface area contributed by atoms with Gasteiger partial charge in [-0.15, -0.1) is 0 Å². The average Bonchev–Trinajstić information content (AvgIpc) is 3.43. The quantitative estimate of drug-likeness (QED) is 0.520. The number of carbonyl (C=O) groups excluding carboxylic acids is 1. The normalized spacial score (nSPS) is 12.2. The van der Waals surface area contributed by atoms with Gasteiger partial charge in [-0.1, -0.05) is 18.8 Å². The summed E-state index contributed by atoms with van der Waals surface area (Å²) in [4.78, 5) is 15.1. The van der Waals surface area contributed by atoms with Crippen molar-refractivity contribution in [2.24, 2.45) is 0 Å². The van der Waals surface area contributed by atoms with E-state index in [-0.39, 0.29) is 18.1 Å². The number of aromatic nitrogens is 2. The number of methoxy groups -OCH3 is 1. The molecule has 0 radical (unpaired) electrons. The van der Waals surface area contributed by atoms with Gasteiger partial charge in [0.15, 0.2) is 5.69 Å². The Morgan fingerprint density at radius 2 is 2.16 bits per heavy atom. The van der Waals surface area contributed by atoms with Crippen molar-refractivity contribution in [3.63, 3.8) is 0 Å². The molecule has 0 aliphatic carbocycles. The van der Waals surface area contributed by atoms with E-state index in [0.29, 0.717) is 17.2 Å². The van der Waals surface area contributed by atoms with Crippen LogP contribution in [0.2, 0.25) is 0 Å². The van der Waals surface area contributed by atoms with E-state index in [9.17, 15) is 4.79 Å². The second-order valence-corrected chi connectivity index (χ2v) is 9.38. The van der Waals surface area contributed by atoms with E-state index in [2.05, 4.69) is 11.8 Å². The number of hydrogen-bond donors (Lipinski definition) is 0. The van der Waals surface area contributed by atoms with Gasteiger partial charge in [-0.3, -0.25) is 4.79 Å². The third-order valence-electron chi connectivity index (χ3n) is 5.58. The fourth-order valence-electron chi connectivity index (χ4n) is 3.53. The van der Waals surface area contributed by atoms with E-state index in [1.54, 1.807) is 30.4 Å². The fourth-order valence-corrected chi connectivity index (χ4v) is 4.14. The van der Waals surface area contributed by atoms with Crippen LogP contribution in [0.25, 0.3) is 16.9 Å². The van der Waals surface area contributed by atoms with Gasteiger partial charge in [-0.25, -0.2) is 4.68 Å². The summed E-state index contributed by atoms with van der Waals surface area (Å²) >= 11 is 1.59. The van der Waals surface area contributed by atoms with Gasteiger partial charge < -0.3 is 14.4 Å². The van der Waals surface area contributed by atoms with Crippen molar-refractivity contribution in [3.8, 4) is 40.3 Å². The highest BCUT2D eigenvalue weighted by atomic mass is 32.1. The molecule has 1 aliphatic heterocycles. The molecule has 32 heavy (non-hydrogen) atoms. The van der Waals surface area contributed by atoms with Gasteiger partial charge in [0.25, 0.3) is 5.91 Å². The molecule has 0 saturated heterocycles. The van der Waals surface area contributed by atoms with Crippen molar-refractivity contribution in [1.82, 2.24) is 14.7 Å². The number of fused-ring (bicyclic) bond motifs is 3. The molecule has 0 saturated carbocycles.